The maximum atomic E-state index is 13.4. The molecule has 0 spiro atoms. The zero-order valence-corrected chi connectivity index (χ0v) is 16.8. The van der Waals surface area contributed by atoms with Gasteiger partial charge in [0.1, 0.15) is 0 Å². The number of hydrogen-bond acceptors (Lipinski definition) is 6. The van der Waals surface area contributed by atoms with E-state index < -0.39 is 5.41 Å². The molecule has 2 amide bonds. The van der Waals surface area contributed by atoms with Gasteiger partial charge in [0, 0.05) is 37.4 Å². The van der Waals surface area contributed by atoms with E-state index >= 15 is 0 Å². The van der Waals surface area contributed by atoms with Crippen LogP contribution < -0.4 is 5.32 Å². The van der Waals surface area contributed by atoms with E-state index in [1.807, 2.05) is 17.0 Å². The molecule has 2 aliphatic heterocycles. The largest absolute Gasteiger partial charge is 0.351 e. The summed E-state index contributed by atoms with van der Waals surface area (Å²) in [7, 11) is 2.06. The van der Waals surface area contributed by atoms with E-state index in [1.165, 1.54) is 11.5 Å². The molecule has 2 saturated heterocycles. The van der Waals surface area contributed by atoms with Crippen molar-refractivity contribution in [2.24, 2.45) is 5.41 Å². The molecular formula is C20H25N5O2S. The molecule has 0 aromatic carbocycles. The fourth-order valence-electron chi connectivity index (χ4n) is 4.49. The van der Waals surface area contributed by atoms with Crippen LogP contribution in [-0.2, 0) is 11.3 Å². The number of fused-ring (bicyclic) bond motifs is 1. The van der Waals surface area contributed by atoms with Gasteiger partial charge in [-0.05, 0) is 56.0 Å². The van der Waals surface area contributed by atoms with Gasteiger partial charge in [0.2, 0.25) is 5.91 Å². The van der Waals surface area contributed by atoms with Crippen molar-refractivity contribution in [2.75, 3.05) is 26.7 Å². The minimum absolute atomic E-state index is 0.0156. The second-order valence-electron chi connectivity index (χ2n) is 7.74. The molecule has 0 bridgehead atoms. The number of carbonyl (C=O) groups is 2. The standard InChI is InChI=1S/C20H25N5O2S/c1-24-9-6-20(19(27)22-11-15-4-2-7-21-10-15)5-3-8-25(17(20)13-24)18(26)16-12-23-28-14-16/h2,4,7,10,12,14,17H,3,5-6,8-9,11,13H2,1H3,(H,22,27)/t17-,20+/m0/s1. The summed E-state index contributed by atoms with van der Waals surface area (Å²) in [4.78, 5) is 34.7. The third kappa shape index (κ3) is 3.54. The lowest BCUT2D eigenvalue weighted by molar-refractivity contribution is -0.142. The van der Waals surface area contributed by atoms with Crippen LogP contribution in [0.5, 0.6) is 0 Å². The number of rotatable bonds is 4. The van der Waals surface area contributed by atoms with Crippen LogP contribution in [0, 0.1) is 5.41 Å². The third-order valence-corrected chi connectivity index (χ3v) is 6.61. The summed E-state index contributed by atoms with van der Waals surface area (Å²) in [5.74, 6) is 0.0357. The van der Waals surface area contributed by atoms with Gasteiger partial charge in [-0.15, -0.1) is 0 Å². The van der Waals surface area contributed by atoms with E-state index in [0.29, 0.717) is 25.2 Å². The summed E-state index contributed by atoms with van der Waals surface area (Å²) in [6, 6.07) is 3.70. The van der Waals surface area contributed by atoms with E-state index in [0.717, 1.165) is 31.4 Å². The van der Waals surface area contributed by atoms with Gasteiger partial charge < -0.3 is 15.1 Å². The van der Waals surface area contributed by atoms with Crippen molar-refractivity contribution in [2.45, 2.75) is 31.8 Å². The Kier molecular flexibility index (Phi) is 5.41. The van der Waals surface area contributed by atoms with E-state index in [-0.39, 0.29) is 17.9 Å². The van der Waals surface area contributed by atoms with Gasteiger partial charge in [-0.1, -0.05) is 6.07 Å². The van der Waals surface area contributed by atoms with Crippen molar-refractivity contribution in [1.29, 1.82) is 0 Å². The van der Waals surface area contributed by atoms with E-state index in [1.54, 1.807) is 24.0 Å². The Balaban J connectivity index is 1.57. The first-order valence-corrected chi connectivity index (χ1v) is 10.5. The molecule has 4 heterocycles. The number of nitrogens with zero attached hydrogens (tertiary/aromatic N) is 4. The molecule has 4 rings (SSSR count). The van der Waals surface area contributed by atoms with E-state index in [2.05, 4.69) is 26.6 Å². The highest BCUT2D eigenvalue weighted by Gasteiger charge is 2.53. The highest BCUT2D eigenvalue weighted by Crippen LogP contribution is 2.43. The van der Waals surface area contributed by atoms with Crippen LogP contribution in [0.25, 0.3) is 0 Å². The van der Waals surface area contributed by atoms with Gasteiger partial charge in [-0.25, -0.2) is 4.37 Å². The first-order chi connectivity index (χ1) is 13.6. The Morgan fingerprint density at radius 2 is 2.21 bits per heavy atom. The molecule has 2 fully saturated rings. The monoisotopic (exact) mass is 399 g/mol. The van der Waals surface area contributed by atoms with Crippen molar-refractivity contribution in [3.63, 3.8) is 0 Å². The average Bonchev–Trinajstić information content (AvgIpc) is 3.26. The third-order valence-electron chi connectivity index (χ3n) is 6.03. The number of piperidine rings is 2. The predicted octanol–water partition coefficient (Wildman–Crippen LogP) is 1.78. The van der Waals surface area contributed by atoms with Crippen LogP contribution in [0.3, 0.4) is 0 Å². The highest BCUT2D eigenvalue weighted by molar-refractivity contribution is 7.03. The normalized spacial score (nSPS) is 25.2. The summed E-state index contributed by atoms with van der Waals surface area (Å²) in [6.45, 7) is 2.71. The smallest absolute Gasteiger partial charge is 0.256 e. The van der Waals surface area contributed by atoms with Gasteiger partial charge >= 0.3 is 0 Å². The number of amides is 2. The molecule has 28 heavy (non-hydrogen) atoms. The van der Waals surface area contributed by atoms with Gasteiger partial charge in [-0.3, -0.25) is 14.6 Å². The molecular weight excluding hydrogens is 374 g/mol. The van der Waals surface area contributed by atoms with E-state index in [4.69, 9.17) is 0 Å². The molecule has 2 aromatic rings. The maximum Gasteiger partial charge on any atom is 0.256 e. The molecule has 0 radical (unpaired) electrons. The summed E-state index contributed by atoms with van der Waals surface area (Å²) in [5, 5.41) is 4.91. The highest BCUT2D eigenvalue weighted by atomic mass is 32.1. The van der Waals surface area contributed by atoms with E-state index in [9.17, 15) is 9.59 Å². The molecule has 2 atom stereocenters. The average molecular weight is 400 g/mol. The molecule has 0 aliphatic carbocycles. The Hall–Kier alpha value is -2.32. The first-order valence-electron chi connectivity index (χ1n) is 9.66. The number of likely N-dealkylation sites (N-methyl/N-ethyl adjacent to an activating group) is 1. The number of pyridine rings is 1. The zero-order valence-electron chi connectivity index (χ0n) is 16.0. The summed E-state index contributed by atoms with van der Waals surface area (Å²) in [6.07, 6.45) is 7.53. The molecule has 8 heteroatoms. The van der Waals surface area contributed by atoms with Gasteiger partial charge in [0.05, 0.1) is 23.2 Å². The molecule has 2 aliphatic rings. The molecule has 0 unspecified atom stereocenters. The SMILES string of the molecule is CN1CC[C@]2(C(=O)NCc3cccnc3)CCCN(C(=O)c3cnsc3)[C@H]2C1. The molecule has 2 aromatic heterocycles. The molecule has 0 saturated carbocycles. The Morgan fingerprint density at radius 1 is 1.32 bits per heavy atom. The van der Waals surface area contributed by atoms with Crippen molar-refractivity contribution in [3.05, 3.63) is 47.2 Å². The van der Waals surface area contributed by atoms with Crippen LogP contribution >= 0.6 is 11.5 Å². The summed E-state index contributed by atoms with van der Waals surface area (Å²) in [5.41, 5.74) is 1.06. The van der Waals surface area contributed by atoms with Gasteiger partial charge in [0.25, 0.3) is 5.91 Å². The number of likely N-dealkylation sites (tertiary alicyclic amines) is 2. The van der Waals surface area contributed by atoms with Crippen LogP contribution in [-0.4, -0.2) is 63.7 Å². The predicted molar refractivity (Wildman–Crippen MR) is 107 cm³/mol. The Bertz CT molecular complexity index is 828. The van der Waals surface area contributed by atoms with Crippen LogP contribution in [0.1, 0.15) is 35.2 Å². The maximum absolute atomic E-state index is 13.4. The fraction of sp³-hybridized carbons (Fsp3) is 0.500. The lowest BCUT2D eigenvalue weighted by Gasteiger charge is -2.53. The van der Waals surface area contributed by atoms with Crippen LogP contribution in [0.4, 0.5) is 0 Å². The Morgan fingerprint density at radius 3 is 2.96 bits per heavy atom. The molecule has 7 nitrogen and oxygen atoms in total. The zero-order chi connectivity index (χ0) is 19.6. The summed E-state index contributed by atoms with van der Waals surface area (Å²) >= 11 is 1.28. The fourth-order valence-corrected chi connectivity index (χ4v) is 5.00. The number of carbonyl (C=O) groups excluding carboxylic acids is 2. The van der Waals surface area contributed by atoms with Crippen molar-refractivity contribution in [1.82, 2.24) is 24.5 Å². The first kappa shape index (κ1) is 19.0. The quantitative estimate of drug-likeness (QED) is 0.848. The topological polar surface area (TPSA) is 78.4 Å². The minimum Gasteiger partial charge on any atom is -0.351 e. The lowest BCUT2D eigenvalue weighted by Crippen LogP contribution is -2.66. The lowest BCUT2D eigenvalue weighted by atomic mass is 9.67. The number of aromatic nitrogens is 2. The van der Waals surface area contributed by atoms with Crippen LogP contribution in [0.15, 0.2) is 36.1 Å². The molecule has 148 valence electrons. The van der Waals surface area contributed by atoms with Gasteiger partial charge in [0.15, 0.2) is 0 Å². The second kappa shape index (κ2) is 7.97. The Labute approximate surface area is 168 Å². The second-order valence-corrected chi connectivity index (χ2v) is 8.40. The summed E-state index contributed by atoms with van der Waals surface area (Å²) < 4.78 is 4.07. The van der Waals surface area contributed by atoms with Crippen LogP contribution in [0.2, 0.25) is 0 Å². The molecule has 1 N–H and O–H groups in total. The van der Waals surface area contributed by atoms with Gasteiger partial charge in [-0.2, -0.15) is 0 Å². The number of hydrogen-bond donors (Lipinski definition) is 1. The van der Waals surface area contributed by atoms with Crippen molar-refractivity contribution in [3.8, 4) is 0 Å². The van der Waals surface area contributed by atoms with Crippen molar-refractivity contribution >= 4 is 23.3 Å². The minimum atomic E-state index is -0.536. The van der Waals surface area contributed by atoms with Crippen molar-refractivity contribution < 1.29 is 9.59 Å². The number of nitrogens with one attached hydrogen (secondary N) is 1.